The number of nitro groups is 1. The average Bonchev–Trinajstić information content (AvgIpc) is 2.63. The molecular formula is C8H9BrN4O3. The normalized spacial score (nSPS) is 9.81. The molecule has 1 amide bonds. The summed E-state index contributed by atoms with van der Waals surface area (Å²) in [6.07, 6.45) is 1.38. The highest BCUT2D eigenvalue weighted by Crippen LogP contribution is 2.04. The summed E-state index contributed by atoms with van der Waals surface area (Å²) in [6.45, 7) is 3.80. The summed E-state index contributed by atoms with van der Waals surface area (Å²) in [5.41, 5.74) is 0. The summed E-state index contributed by atoms with van der Waals surface area (Å²) in [5.74, 6) is -0.573. The minimum atomic E-state index is -0.616. The monoisotopic (exact) mass is 288 g/mol. The molecule has 7 nitrogen and oxygen atoms in total. The van der Waals surface area contributed by atoms with Crippen LogP contribution in [0.4, 0.5) is 5.82 Å². The third kappa shape index (κ3) is 3.81. The fourth-order valence-corrected chi connectivity index (χ4v) is 1.07. The molecule has 0 unspecified atom stereocenters. The third-order valence-corrected chi connectivity index (χ3v) is 1.88. The van der Waals surface area contributed by atoms with Crippen molar-refractivity contribution in [3.05, 3.63) is 33.4 Å². The Morgan fingerprint density at radius 1 is 1.75 bits per heavy atom. The van der Waals surface area contributed by atoms with Crippen LogP contribution in [0, 0.1) is 10.1 Å². The first-order valence-corrected chi connectivity index (χ1v) is 5.06. The lowest BCUT2D eigenvalue weighted by Crippen LogP contribution is -2.28. The molecule has 0 bridgehead atoms. The average molecular weight is 289 g/mol. The van der Waals surface area contributed by atoms with Gasteiger partial charge in [-0.2, -0.15) is 4.68 Å². The van der Waals surface area contributed by atoms with E-state index in [4.69, 9.17) is 0 Å². The van der Waals surface area contributed by atoms with Gasteiger partial charge in [-0.05, 0) is 4.92 Å². The molecule has 0 aromatic carbocycles. The van der Waals surface area contributed by atoms with Crippen molar-refractivity contribution in [1.82, 2.24) is 15.1 Å². The summed E-state index contributed by atoms with van der Waals surface area (Å²) in [6, 6.07) is 1.23. The smallest absolute Gasteiger partial charge is 0.358 e. The molecule has 1 aromatic heterocycles. The molecule has 0 saturated carbocycles. The predicted molar refractivity (Wildman–Crippen MR) is 60.0 cm³/mol. The van der Waals surface area contributed by atoms with Crippen LogP contribution in [0.3, 0.4) is 0 Å². The quantitative estimate of drug-likeness (QED) is 0.641. The van der Waals surface area contributed by atoms with Gasteiger partial charge in [0.2, 0.25) is 5.91 Å². The first-order valence-electron chi connectivity index (χ1n) is 4.27. The van der Waals surface area contributed by atoms with Crippen LogP contribution in [0.2, 0.25) is 0 Å². The van der Waals surface area contributed by atoms with Gasteiger partial charge in [-0.15, -0.1) is 0 Å². The van der Waals surface area contributed by atoms with E-state index in [0.717, 1.165) is 0 Å². The molecule has 0 aliphatic carbocycles. The van der Waals surface area contributed by atoms with Gasteiger partial charge in [0.1, 0.15) is 6.54 Å². The molecule has 0 aliphatic heterocycles. The SMILES string of the molecule is C=C(Br)CNC(=O)Cn1ccc([N+](=O)[O-])n1. The number of nitrogens with zero attached hydrogens (tertiary/aromatic N) is 3. The molecule has 1 N–H and O–H groups in total. The number of carbonyl (C=O) groups is 1. The molecular weight excluding hydrogens is 280 g/mol. The molecule has 16 heavy (non-hydrogen) atoms. The molecule has 86 valence electrons. The van der Waals surface area contributed by atoms with E-state index in [1.165, 1.54) is 16.9 Å². The van der Waals surface area contributed by atoms with Crippen LogP contribution in [0.15, 0.2) is 23.3 Å². The fraction of sp³-hybridized carbons (Fsp3) is 0.250. The highest BCUT2D eigenvalue weighted by molar-refractivity contribution is 9.11. The number of halogens is 1. The van der Waals surface area contributed by atoms with Crippen LogP contribution in [0.1, 0.15) is 0 Å². The van der Waals surface area contributed by atoms with Gasteiger partial charge in [0.05, 0.1) is 17.4 Å². The Morgan fingerprint density at radius 2 is 2.44 bits per heavy atom. The molecule has 0 atom stereocenters. The van der Waals surface area contributed by atoms with Gasteiger partial charge < -0.3 is 15.4 Å². The van der Waals surface area contributed by atoms with E-state index in [2.05, 4.69) is 32.9 Å². The van der Waals surface area contributed by atoms with Crippen LogP contribution >= 0.6 is 15.9 Å². The lowest BCUT2D eigenvalue weighted by molar-refractivity contribution is -0.389. The number of hydrogen-bond acceptors (Lipinski definition) is 4. The van der Waals surface area contributed by atoms with Crippen molar-refractivity contribution in [3.8, 4) is 0 Å². The predicted octanol–water partition coefficient (Wildman–Crippen LogP) is 0.816. The first-order chi connectivity index (χ1) is 7.49. The van der Waals surface area contributed by atoms with Gasteiger partial charge in [0.15, 0.2) is 0 Å². The van der Waals surface area contributed by atoms with E-state index in [9.17, 15) is 14.9 Å². The van der Waals surface area contributed by atoms with Crippen molar-refractivity contribution in [3.63, 3.8) is 0 Å². The lowest BCUT2D eigenvalue weighted by Gasteiger charge is -2.01. The molecule has 0 aliphatic rings. The van der Waals surface area contributed by atoms with Crippen LogP contribution < -0.4 is 5.32 Å². The van der Waals surface area contributed by atoms with E-state index >= 15 is 0 Å². The largest absolute Gasteiger partial charge is 0.389 e. The summed E-state index contributed by atoms with van der Waals surface area (Å²) in [7, 11) is 0. The maximum absolute atomic E-state index is 11.3. The zero-order chi connectivity index (χ0) is 12.1. The third-order valence-electron chi connectivity index (χ3n) is 1.60. The van der Waals surface area contributed by atoms with Crippen LogP contribution in [0.25, 0.3) is 0 Å². The van der Waals surface area contributed by atoms with Gasteiger partial charge in [0, 0.05) is 11.0 Å². The van der Waals surface area contributed by atoms with E-state index in [-0.39, 0.29) is 18.3 Å². The number of amides is 1. The molecule has 1 rings (SSSR count). The second kappa shape index (κ2) is 5.40. The van der Waals surface area contributed by atoms with Gasteiger partial charge in [-0.25, -0.2) is 0 Å². The second-order valence-corrected chi connectivity index (χ2v) is 4.04. The number of hydrogen-bond donors (Lipinski definition) is 1. The van der Waals surface area contributed by atoms with E-state index in [0.29, 0.717) is 11.0 Å². The zero-order valence-electron chi connectivity index (χ0n) is 8.22. The van der Waals surface area contributed by atoms with Gasteiger partial charge in [0.25, 0.3) is 0 Å². The maximum Gasteiger partial charge on any atom is 0.389 e. The topological polar surface area (TPSA) is 90.1 Å². The van der Waals surface area contributed by atoms with Crippen molar-refractivity contribution < 1.29 is 9.72 Å². The summed E-state index contributed by atoms with van der Waals surface area (Å²) in [4.78, 5) is 21.0. The number of nitrogens with one attached hydrogen (secondary N) is 1. The minimum absolute atomic E-state index is 0.0614. The number of aromatic nitrogens is 2. The maximum atomic E-state index is 11.3. The molecule has 1 heterocycles. The molecule has 0 saturated heterocycles. The molecule has 0 fully saturated rings. The molecule has 8 heteroatoms. The minimum Gasteiger partial charge on any atom is -0.358 e. The Morgan fingerprint density at radius 3 is 2.94 bits per heavy atom. The molecule has 0 spiro atoms. The Bertz CT molecular complexity index is 429. The van der Waals surface area contributed by atoms with Crippen LogP contribution in [-0.4, -0.2) is 27.2 Å². The van der Waals surface area contributed by atoms with Crippen molar-refractivity contribution in [2.45, 2.75) is 6.54 Å². The summed E-state index contributed by atoms with van der Waals surface area (Å²) < 4.78 is 1.84. The zero-order valence-corrected chi connectivity index (χ0v) is 9.81. The Hall–Kier alpha value is -1.70. The van der Waals surface area contributed by atoms with Gasteiger partial charge in [-0.3, -0.25) is 4.79 Å². The fourth-order valence-electron chi connectivity index (χ4n) is 0.934. The van der Waals surface area contributed by atoms with E-state index in [1.807, 2.05) is 0 Å². The Balaban J connectivity index is 2.49. The number of carbonyl (C=O) groups excluding carboxylic acids is 1. The standard InChI is InChI=1S/C8H9BrN4O3/c1-6(9)4-10-8(14)5-12-3-2-7(11-12)13(15)16/h2-3H,1,4-5H2,(H,10,14). The molecule has 0 radical (unpaired) electrons. The lowest BCUT2D eigenvalue weighted by atomic mass is 10.5. The Kier molecular flexibility index (Phi) is 4.18. The first kappa shape index (κ1) is 12.4. The highest BCUT2D eigenvalue weighted by Gasteiger charge is 2.12. The van der Waals surface area contributed by atoms with Gasteiger partial charge >= 0.3 is 5.82 Å². The number of rotatable bonds is 5. The van der Waals surface area contributed by atoms with Gasteiger partial charge in [-0.1, -0.05) is 22.5 Å². The van der Waals surface area contributed by atoms with E-state index in [1.54, 1.807) is 0 Å². The van der Waals surface area contributed by atoms with Crippen molar-refractivity contribution >= 4 is 27.7 Å². The molecule has 1 aromatic rings. The van der Waals surface area contributed by atoms with Crippen molar-refractivity contribution in [2.24, 2.45) is 0 Å². The highest BCUT2D eigenvalue weighted by atomic mass is 79.9. The second-order valence-electron chi connectivity index (χ2n) is 2.92. The van der Waals surface area contributed by atoms with E-state index < -0.39 is 4.92 Å². The van der Waals surface area contributed by atoms with Crippen LogP contribution in [-0.2, 0) is 11.3 Å². The Labute approximate surface area is 99.4 Å². The van der Waals surface area contributed by atoms with Crippen molar-refractivity contribution in [1.29, 1.82) is 0 Å². The summed E-state index contributed by atoms with van der Waals surface area (Å²) >= 11 is 3.09. The van der Waals surface area contributed by atoms with Crippen molar-refractivity contribution in [2.75, 3.05) is 6.54 Å². The summed E-state index contributed by atoms with van der Waals surface area (Å²) in [5, 5.41) is 16.5. The van der Waals surface area contributed by atoms with Crippen LogP contribution in [0.5, 0.6) is 0 Å².